The van der Waals surface area contributed by atoms with E-state index in [9.17, 15) is 0 Å². The summed E-state index contributed by atoms with van der Waals surface area (Å²) in [5.74, 6) is 0. The number of fused-ring (bicyclic) bond motifs is 1. The summed E-state index contributed by atoms with van der Waals surface area (Å²) in [6, 6.07) is 0.467. The zero-order valence-corrected chi connectivity index (χ0v) is 11.6. The minimum absolute atomic E-state index is 0.467. The van der Waals surface area contributed by atoms with Crippen molar-refractivity contribution in [2.45, 2.75) is 31.7 Å². The molecule has 5 nitrogen and oxygen atoms in total. The highest BCUT2D eigenvalue weighted by atomic mass is 15.3. The van der Waals surface area contributed by atoms with E-state index in [1.807, 2.05) is 35.9 Å². The number of hydrogen-bond donors (Lipinski definition) is 1. The minimum Gasteiger partial charge on any atom is -0.309 e. The maximum Gasteiger partial charge on any atom is 0.0540 e. The van der Waals surface area contributed by atoms with Crippen molar-refractivity contribution in [3.05, 3.63) is 35.4 Å². The van der Waals surface area contributed by atoms with Gasteiger partial charge < -0.3 is 5.32 Å². The average Bonchev–Trinajstić information content (AvgIpc) is 2.98. The summed E-state index contributed by atoms with van der Waals surface area (Å²) < 4.78 is 3.87. The Bertz CT molecular complexity index is 554. The SMILES string of the molecule is Cn1cc(CCNC2CCCc3c2cnn3C)cn1. The van der Waals surface area contributed by atoms with E-state index >= 15 is 0 Å². The zero-order chi connectivity index (χ0) is 13.2. The molecule has 0 fully saturated rings. The van der Waals surface area contributed by atoms with Gasteiger partial charge in [0.15, 0.2) is 0 Å². The Morgan fingerprint density at radius 2 is 2.21 bits per heavy atom. The van der Waals surface area contributed by atoms with Gasteiger partial charge in [-0.25, -0.2) is 0 Å². The first kappa shape index (κ1) is 12.4. The number of hydrogen-bond acceptors (Lipinski definition) is 3. The molecule has 0 radical (unpaired) electrons. The number of nitrogens with zero attached hydrogens (tertiary/aromatic N) is 4. The molecular weight excluding hydrogens is 238 g/mol. The molecule has 1 atom stereocenters. The molecule has 0 aliphatic heterocycles. The van der Waals surface area contributed by atoms with Crippen molar-refractivity contribution in [2.75, 3.05) is 6.54 Å². The molecule has 0 amide bonds. The predicted molar refractivity (Wildman–Crippen MR) is 73.8 cm³/mol. The third kappa shape index (κ3) is 2.56. The zero-order valence-electron chi connectivity index (χ0n) is 11.6. The molecule has 1 aliphatic carbocycles. The van der Waals surface area contributed by atoms with Crippen LogP contribution in [0.3, 0.4) is 0 Å². The van der Waals surface area contributed by atoms with Gasteiger partial charge in [-0.3, -0.25) is 9.36 Å². The summed E-state index contributed by atoms with van der Waals surface area (Å²) in [6.45, 7) is 0.991. The van der Waals surface area contributed by atoms with Crippen LogP contribution in [0.4, 0.5) is 0 Å². The molecule has 1 unspecified atom stereocenters. The molecule has 19 heavy (non-hydrogen) atoms. The molecule has 5 heteroatoms. The standard InChI is InChI=1S/C14H21N5/c1-18-10-11(8-16-18)6-7-15-13-4-3-5-14-12(13)9-17-19(14)2/h8-10,13,15H,3-7H2,1-2H3. The second kappa shape index (κ2) is 5.17. The van der Waals surface area contributed by atoms with Crippen LogP contribution >= 0.6 is 0 Å². The highest BCUT2D eigenvalue weighted by Gasteiger charge is 2.22. The van der Waals surface area contributed by atoms with Crippen LogP contribution in [0.25, 0.3) is 0 Å². The smallest absolute Gasteiger partial charge is 0.0540 e. The highest BCUT2D eigenvalue weighted by Crippen LogP contribution is 2.28. The van der Waals surface area contributed by atoms with E-state index in [-0.39, 0.29) is 0 Å². The van der Waals surface area contributed by atoms with E-state index in [0.717, 1.165) is 19.4 Å². The van der Waals surface area contributed by atoms with Crippen LogP contribution in [0.2, 0.25) is 0 Å². The van der Waals surface area contributed by atoms with E-state index in [2.05, 4.69) is 21.7 Å². The van der Waals surface area contributed by atoms with E-state index in [1.54, 1.807) is 0 Å². The minimum atomic E-state index is 0.467. The summed E-state index contributed by atoms with van der Waals surface area (Å²) in [5, 5.41) is 12.2. The quantitative estimate of drug-likeness (QED) is 0.902. The van der Waals surface area contributed by atoms with Crippen molar-refractivity contribution in [1.29, 1.82) is 0 Å². The molecule has 0 saturated carbocycles. The summed E-state index contributed by atoms with van der Waals surface area (Å²) in [4.78, 5) is 0. The Morgan fingerprint density at radius 3 is 3.00 bits per heavy atom. The first-order valence-electron chi connectivity index (χ1n) is 6.95. The van der Waals surface area contributed by atoms with Crippen molar-refractivity contribution < 1.29 is 0 Å². The lowest BCUT2D eigenvalue weighted by Crippen LogP contribution is -2.27. The largest absolute Gasteiger partial charge is 0.309 e. The lowest BCUT2D eigenvalue weighted by Gasteiger charge is -2.23. The molecule has 102 valence electrons. The summed E-state index contributed by atoms with van der Waals surface area (Å²) in [6.07, 6.45) is 10.7. The average molecular weight is 259 g/mol. The van der Waals surface area contributed by atoms with Gasteiger partial charge in [0, 0.05) is 37.6 Å². The normalized spacial score (nSPS) is 18.5. The molecule has 2 aromatic heterocycles. The Hall–Kier alpha value is -1.62. The summed E-state index contributed by atoms with van der Waals surface area (Å²) in [7, 11) is 4.00. The van der Waals surface area contributed by atoms with Gasteiger partial charge in [-0.2, -0.15) is 10.2 Å². The third-order valence-corrected chi connectivity index (χ3v) is 3.94. The van der Waals surface area contributed by atoms with Crippen molar-refractivity contribution in [2.24, 2.45) is 14.1 Å². The van der Waals surface area contributed by atoms with Gasteiger partial charge >= 0.3 is 0 Å². The number of aryl methyl sites for hydroxylation is 2. The van der Waals surface area contributed by atoms with Gasteiger partial charge in [-0.1, -0.05) is 0 Å². The van der Waals surface area contributed by atoms with Crippen LogP contribution in [0, 0.1) is 0 Å². The van der Waals surface area contributed by atoms with Gasteiger partial charge in [-0.15, -0.1) is 0 Å². The number of nitrogens with one attached hydrogen (secondary N) is 1. The second-order valence-corrected chi connectivity index (χ2v) is 5.34. The summed E-state index contributed by atoms with van der Waals surface area (Å²) in [5.41, 5.74) is 4.07. The lowest BCUT2D eigenvalue weighted by molar-refractivity contribution is 0.455. The molecule has 0 saturated heterocycles. The summed E-state index contributed by atoms with van der Waals surface area (Å²) >= 11 is 0. The Kier molecular flexibility index (Phi) is 3.38. The Labute approximate surface area is 113 Å². The molecule has 1 aliphatic rings. The third-order valence-electron chi connectivity index (χ3n) is 3.94. The van der Waals surface area contributed by atoms with Gasteiger partial charge in [-0.05, 0) is 37.8 Å². The topological polar surface area (TPSA) is 47.7 Å². The van der Waals surface area contributed by atoms with Gasteiger partial charge in [0.05, 0.1) is 12.4 Å². The van der Waals surface area contributed by atoms with Crippen molar-refractivity contribution in [3.63, 3.8) is 0 Å². The van der Waals surface area contributed by atoms with Gasteiger partial charge in [0.1, 0.15) is 0 Å². The van der Waals surface area contributed by atoms with Gasteiger partial charge in [0.2, 0.25) is 0 Å². The molecular formula is C14H21N5. The van der Waals surface area contributed by atoms with E-state index in [4.69, 9.17) is 0 Å². The lowest BCUT2D eigenvalue weighted by atomic mass is 9.93. The molecule has 0 bridgehead atoms. The molecule has 3 rings (SSSR count). The highest BCUT2D eigenvalue weighted by molar-refractivity contribution is 5.24. The van der Waals surface area contributed by atoms with Crippen molar-refractivity contribution >= 4 is 0 Å². The maximum absolute atomic E-state index is 4.38. The molecule has 0 aromatic carbocycles. The molecule has 2 heterocycles. The first-order valence-corrected chi connectivity index (χ1v) is 6.95. The number of aromatic nitrogens is 4. The van der Waals surface area contributed by atoms with Crippen molar-refractivity contribution in [3.8, 4) is 0 Å². The van der Waals surface area contributed by atoms with E-state index in [0.29, 0.717) is 6.04 Å². The van der Waals surface area contributed by atoms with Crippen LogP contribution in [-0.2, 0) is 26.9 Å². The van der Waals surface area contributed by atoms with Crippen LogP contribution in [-0.4, -0.2) is 26.1 Å². The fourth-order valence-corrected chi connectivity index (χ4v) is 2.91. The van der Waals surface area contributed by atoms with E-state index in [1.165, 1.54) is 29.7 Å². The molecule has 0 spiro atoms. The van der Waals surface area contributed by atoms with Crippen LogP contribution in [0.15, 0.2) is 18.6 Å². The molecule has 1 N–H and O–H groups in total. The van der Waals surface area contributed by atoms with Crippen molar-refractivity contribution in [1.82, 2.24) is 24.9 Å². The van der Waals surface area contributed by atoms with Gasteiger partial charge in [0.25, 0.3) is 0 Å². The Balaban J connectivity index is 1.59. The Morgan fingerprint density at radius 1 is 1.32 bits per heavy atom. The first-order chi connectivity index (χ1) is 9.24. The predicted octanol–water partition coefficient (Wildman–Crippen LogP) is 1.36. The van der Waals surface area contributed by atoms with E-state index < -0.39 is 0 Å². The maximum atomic E-state index is 4.38. The van der Waals surface area contributed by atoms with Crippen LogP contribution in [0.1, 0.15) is 35.7 Å². The monoisotopic (exact) mass is 259 g/mol. The fraction of sp³-hybridized carbons (Fsp3) is 0.571. The fourth-order valence-electron chi connectivity index (χ4n) is 2.91. The number of rotatable bonds is 4. The second-order valence-electron chi connectivity index (χ2n) is 5.34. The molecule has 2 aromatic rings. The van der Waals surface area contributed by atoms with Crippen LogP contribution in [0.5, 0.6) is 0 Å². The van der Waals surface area contributed by atoms with Crippen LogP contribution < -0.4 is 5.32 Å².